The number of carbonyl (C=O) groups is 1. The van der Waals surface area contributed by atoms with E-state index in [0.717, 1.165) is 49.1 Å². The molecule has 1 aromatic heterocycles. The van der Waals surface area contributed by atoms with Crippen molar-refractivity contribution in [1.29, 1.82) is 0 Å². The first-order valence-corrected chi connectivity index (χ1v) is 11.8. The SMILES string of the molecule is CCN1CCN(c2ccc(C(F)(F)F)cc2NC(=O)CSc2nnc(-c3ccccc3)o2)CC1. The number of alkyl halides is 3. The van der Waals surface area contributed by atoms with Crippen LogP contribution in [0.5, 0.6) is 0 Å². The van der Waals surface area contributed by atoms with E-state index in [-0.39, 0.29) is 16.7 Å². The Kier molecular flexibility index (Phi) is 7.42. The van der Waals surface area contributed by atoms with Crippen LogP contribution in [0.3, 0.4) is 0 Å². The van der Waals surface area contributed by atoms with Crippen LogP contribution >= 0.6 is 11.8 Å². The Morgan fingerprint density at radius 1 is 1.09 bits per heavy atom. The molecule has 7 nitrogen and oxygen atoms in total. The highest BCUT2D eigenvalue weighted by Gasteiger charge is 2.32. The predicted molar refractivity (Wildman–Crippen MR) is 125 cm³/mol. The second kappa shape index (κ2) is 10.5. The monoisotopic (exact) mass is 491 g/mol. The number of anilines is 2. The fourth-order valence-corrected chi connectivity index (χ4v) is 4.24. The number of amides is 1. The fourth-order valence-electron chi connectivity index (χ4n) is 3.67. The molecule has 34 heavy (non-hydrogen) atoms. The van der Waals surface area contributed by atoms with Gasteiger partial charge in [-0.1, -0.05) is 36.9 Å². The number of nitrogens with zero attached hydrogens (tertiary/aromatic N) is 4. The third-order valence-corrected chi connectivity index (χ3v) is 6.33. The lowest BCUT2D eigenvalue weighted by atomic mass is 10.1. The normalized spacial score (nSPS) is 14.9. The lowest BCUT2D eigenvalue weighted by Crippen LogP contribution is -2.46. The molecule has 1 saturated heterocycles. The van der Waals surface area contributed by atoms with Gasteiger partial charge in [-0.05, 0) is 36.9 Å². The molecule has 1 fully saturated rings. The average Bonchev–Trinajstić information content (AvgIpc) is 3.32. The number of nitrogens with one attached hydrogen (secondary N) is 1. The van der Waals surface area contributed by atoms with E-state index in [9.17, 15) is 18.0 Å². The highest BCUT2D eigenvalue weighted by Crippen LogP contribution is 2.36. The third-order valence-electron chi connectivity index (χ3n) is 5.51. The zero-order chi connectivity index (χ0) is 24.1. The van der Waals surface area contributed by atoms with Crippen LogP contribution < -0.4 is 10.2 Å². The molecule has 0 unspecified atom stereocenters. The molecule has 180 valence electrons. The quantitative estimate of drug-likeness (QED) is 0.483. The smallest absolute Gasteiger partial charge is 0.411 e. The van der Waals surface area contributed by atoms with Crippen LogP contribution in [-0.2, 0) is 11.0 Å². The van der Waals surface area contributed by atoms with Crippen LogP contribution in [0, 0.1) is 0 Å². The van der Waals surface area contributed by atoms with Crippen molar-refractivity contribution in [2.45, 2.75) is 18.3 Å². The van der Waals surface area contributed by atoms with Crippen LogP contribution in [0.2, 0.25) is 0 Å². The van der Waals surface area contributed by atoms with Crippen molar-refractivity contribution in [2.75, 3.05) is 48.7 Å². The topological polar surface area (TPSA) is 74.5 Å². The molecular weight excluding hydrogens is 467 g/mol. The van der Waals surface area contributed by atoms with Gasteiger partial charge in [-0.25, -0.2) is 0 Å². The van der Waals surface area contributed by atoms with Crippen LogP contribution in [0.1, 0.15) is 12.5 Å². The maximum absolute atomic E-state index is 13.3. The maximum atomic E-state index is 13.3. The number of likely N-dealkylation sites (N-methyl/N-ethyl adjacent to an activating group) is 1. The lowest BCUT2D eigenvalue weighted by Gasteiger charge is -2.36. The third kappa shape index (κ3) is 5.89. The molecule has 0 aliphatic carbocycles. The summed E-state index contributed by atoms with van der Waals surface area (Å²) in [6, 6.07) is 12.7. The van der Waals surface area contributed by atoms with Crippen LogP contribution in [0.25, 0.3) is 11.5 Å². The lowest BCUT2D eigenvalue weighted by molar-refractivity contribution is -0.137. The Labute approximate surface area is 199 Å². The van der Waals surface area contributed by atoms with Gasteiger partial charge in [0.1, 0.15) is 0 Å². The van der Waals surface area contributed by atoms with Gasteiger partial charge >= 0.3 is 6.18 Å². The molecule has 1 aliphatic rings. The van der Waals surface area contributed by atoms with Crippen LogP contribution in [-0.4, -0.2) is 59.5 Å². The van der Waals surface area contributed by atoms with Gasteiger partial charge in [0.05, 0.1) is 22.7 Å². The fraction of sp³-hybridized carbons (Fsp3) is 0.348. The minimum Gasteiger partial charge on any atom is -0.411 e. The van der Waals surface area contributed by atoms with E-state index < -0.39 is 17.6 Å². The Hall–Kier alpha value is -3.05. The zero-order valence-electron chi connectivity index (χ0n) is 18.5. The van der Waals surface area contributed by atoms with Crippen molar-refractivity contribution in [3.63, 3.8) is 0 Å². The number of carbonyl (C=O) groups excluding carboxylic acids is 1. The van der Waals surface area contributed by atoms with Gasteiger partial charge in [-0.3, -0.25) is 4.79 Å². The van der Waals surface area contributed by atoms with Crippen molar-refractivity contribution in [3.05, 3.63) is 54.1 Å². The van der Waals surface area contributed by atoms with E-state index in [1.807, 2.05) is 35.2 Å². The second-order valence-electron chi connectivity index (χ2n) is 7.73. The number of hydrogen-bond acceptors (Lipinski definition) is 7. The summed E-state index contributed by atoms with van der Waals surface area (Å²) < 4.78 is 45.5. The minimum absolute atomic E-state index is 0.0876. The van der Waals surface area contributed by atoms with Gasteiger partial charge in [-0.15, -0.1) is 10.2 Å². The van der Waals surface area contributed by atoms with E-state index in [4.69, 9.17) is 4.42 Å². The van der Waals surface area contributed by atoms with E-state index in [1.165, 1.54) is 6.07 Å². The Morgan fingerprint density at radius 3 is 2.50 bits per heavy atom. The number of benzene rings is 2. The van der Waals surface area contributed by atoms with Crippen LogP contribution in [0.4, 0.5) is 24.5 Å². The van der Waals surface area contributed by atoms with Gasteiger partial charge in [-0.2, -0.15) is 13.2 Å². The molecule has 4 rings (SSSR count). The van der Waals surface area contributed by atoms with E-state index in [2.05, 4.69) is 27.3 Å². The Morgan fingerprint density at radius 2 is 1.82 bits per heavy atom. The standard InChI is InChI=1S/C23H24F3N5O2S/c1-2-30-10-12-31(13-11-30)19-9-8-17(23(24,25)26)14-18(19)27-20(32)15-34-22-29-28-21(33-22)16-6-4-3-5-7-16/h3-9,14H,2,10-13,15H2,1H3,(H,27,32). The molecule has 1 aliphatic heterocycles. The largest absolute Gasteiger partial charge is 0.416 e. The van der Waals surface area contributed by atoms with E-state index in [1.54, 1.807) is 0 Å². The predicted octanol–water partition coefficient (Wildman–Crippen LogP) is 4.63. The summed E-state index contributed by atoms with van der Waals surface area (Å²) >= 11 is 1.02. The molecule has 0 atom stereocenters. The first-order chi connectivity index (χ1) is 16.3. The van der Waals surface area contributed by atoms with Gasteiger partial charge in [0.25, 0.3) is 5.22 Å². The summed E-state index contributed by atoms with van der Waals surface area (Å²) in [6.07, 6.45) is -4.51. The molecule has 1 amide bonds. The van der Waals surface area contributed by atoms with Crippen molar-refractivity contribution in [3.8, 4) is 11.5 Å². The van der Waals surface area contributed by atoms with Crippen molar-refractivity contribution in [2.24, 2.45) is 0 Å². The number of rotatable bonds is 7. The Balaban J connectivity index is 1.45. The first-order valence-electron chi connectivity index (χ1n) is 10.8. The molecule has 0 bridgehead atoms. The number of aromatic nitrogens is 2. The van der Waals surface area contributed by atoms with Gasteiger partial charge < -0.3 is 19.5 Å². The first kappa shape index (κ1) is 24.1. The average molecular weight is 492 g/mol. The van der Waals surface area contributed by atoms with Crippen molar-refractivity contribution >= 4 is 29.0 Å². The molecule has 0 spiro atoms. The highest BCUT2D eigenvalue weighted by molar-refractivity contribution is 7.99. The molecular formula is C23H24F3N5O2S. The summed E-state index contributed by atoms with van der Waals surface area (Å²) in [5, 5.41) is 10.8. The molecule has 0 saturated carbocycles. The molecule has 2 heterocycles. The molecule has 11 heteroatoms. The summed E-state index contributed by atoms with van der Waals surface area (Å²) in [5.41, 5.74) is 0.658. The van der Waals surface area contributed by atoms with Gasteiger partial charge in [0, 0.05) is 31.7 Å². The summed E-state index contributed by atoms with van der Waals surface area (Å²) in [4.78, 5) is 16.9. The highest BCUT2D eigenvalue weighted by atomic mass is 32.2. The van der Waals surface area contributed by atoms with Gasteiger partial charge in [0.2, 0.25) is 11.8 Å². The molecule has 3 aromatic rings. The summed E-state index contributed by atoms with van der Waals surface area (Å²) in [5.74, 6) is -0.220. The molecule has 1 N–H and O–H groups in total. The molecule has 2 aromatic carbocycles. The number of piperazine rings is 1. The Bertz CT molecular complexity index is 1120. The van der Waals surface area contributed by atoms with E-state index in [0.29, 0.717) is 24.7 Å². The number of thioether (sulfide) groups is 1. The van der Waals surface area contributed by atoms with Crippen molar-refractivity contribution < 1.29 is 22.4 Å². The number of hydrogen-bond donors (Lipinski definition) is 1. The zero-order valence-corrected chi connectivity index (χ0v) is 19.3. The molecule has 0 radical (unpaired) electrons. The van der Waals surface area contributed by atoms with Crippen molar-refractivity contribution in [1.82, 2.24) is 15.1 Å². The van der Waals surface area contributed by atoms with Crippen LogP contribution in [0.15, 0.2) is 58.2 Å². The minimum atomic E-state index is -4.51. The van der Waals surface area contributed by atoms with E-state index >= 15 is 0 Å². The number of halogens is 3. The summed E-state index contributed by atoms with van der Waals surface area (Å²) in [6.45, 7) is 5.94. The second-order valence-corrected chi connectivity index (χ2v) is 8.65. The summed E-state index contributed by atoms with van der Waals surface area (Å²) in [7, 11) is 0. The maximum Gasteiger partial charge on any atom is 0.416 e. The van der Waals surface area contributed by atoms with Gasteiger partial charge in [0.15, 0.2) is 0 Å².